The Morgan fingerprint density at radius 1 is 1.12 bits per heavy atom. The second-order valence-electron chi connectivity index (χ2n) is 6.50. The SMILES string of the molecule is CCc1c(Cl)nc(-c2ccccc2)nc1N1CCN(C[C@@H](C)O)CC1. The van der Waals surface area contributed by atoms with Crippen molar-refractivity contribution in [3.8, 4) is 11.4 Å². The van der Waals surface area contributed by atoms with Gasteiger partial charge in [0.25, 0.3) is 0 Å². The second-order valence-corrected chi connectivity index (χ2v) is 6.85. The van der Waals surface area contributed by atoms with Crippen LogP contribution in [-0.2, 0) is 6.42 Å². The van der Waals surface area contributed by atoms with Crippen LogP contribution in [0.5, 0.6) is 0 Å². The van der Waals surface area contributed by atoms with Crippen molar-refractivity contribution >= 4 is 17.4 Å². The lowest BCUT2D eigenvalue weighted by Crippen LogP contribution is -2.48. The minimum absolute atomic E-state index is 0.295. The van der Waals surface area contributed by atoms with Crippen molar-refractivity contribution in [1.29, 1.82) is 0 Å². The number of nitrogens with zero attached hydrogens (tertiary/aromatic N) is 4. The molecule has 0 spiro atoms. The van der Waals surface area contributed by atoms with Gasteiger partial charge in [-0.2, -0.15) is 0 Å². The maximum Gasteiger partial charge on any atom is 0.163 e. The van der Waals surface area contributed by atoms with Gasteiger partial charge in [-0.05, 0) is 13.3 Å². The first-order valence-corrected chi connectivity index (χ1v) is 9.23. The van der Waals surface area contributed by atoms with Gasteiger partial charge >= 0.3 is 0 Å². The Kier molecular flexibility index (Phi) is 5.89. The monoisotopic (exact) mass is 360 g/mol. The van der Waals surface area contributed by atoms with E-state index in [2.05, 4.69) is 21.7 Å². The average Bonchev–Trinajstić information content (AvgIpc) is 2.62. The number of anilines is 1. The molecule has 1 fully saturated rings. The molecule has 1 atom stereocenters. The molecule has 1 aromatic carbocycles. The molecule has 0 unspecified atom stereocenters. The van der Waals surface area contributed by atoms with Crippen LogP contribution in [0.2, 0.25) is 5.15 Å². The van der Waals surface area contributed by atoms with Crippen LogP contribution in [0.25, 0.3) is 11.4 Å². The van der Waals surface area contributed by atoms with Crippen molar-refractivity contribution in [1.82, 2.24) is 14.9 Å². The summed E-state index contributed by atoms with van der Waals surface area (Å²) in [5, 5.41) is 10.1. The van der Waals surface area contributed by atoms with E-state index in [0.717, 1.165) is 49.5 Å². The Bertz CT molecular complexity index is 700. The quantitative estimate of drug-likeness (QED) is 0.831. The fraction of sp³-hybridized carbons (Fsp3) is 0.474. The molecule has 2 aromatic rings. The molecule has 134 valence electrons. The summed E-state index contributed by atoms with van der Waals surface area (Å²) < 4.78 is 0. The van der Waals surface area contributed by atoms with Crippen LogP contribution in [0.1, 0.15) is 19.4 Å². The van der Waals surface area contributed by atoms with Gasteiger partial charge in [0.1, 0.15) is 11.0 Å². The summed E-state index contributed by atoms with van der Waals surface area (Å²) >= 11 is 6.48. The van der Waals surface area contributed by atoms with Gasteiger partial charge in [0.2, 0.25) is 0 Å². The number of hydrogen-bond donors (Lipinski definition) is 1. The molecule has 1 aliphatic heterocycles. The van der Waals surface area contributed by atoms with E-state index in [4.69, 9.17) is 16.6 Å². The van der Waals surface area contributed by atoms with Gasteiger partial charge in [0.15, 0.2) is 5.82 Å². The minimum Gasteiger partial charge on any atom is -0.392 e. The normalized spacial score (nSPS) is 16.9. The minimum atomic E-state index is -0.295. The Hall–Kier alpha value is -1.69. The molecular weight excluding hydrogens is 336 g/mol. The summed E-state index contributed by atoms with van der Waals surface area (Å²) in [7, 11) is 0. The predicted octanol–water partition coefficient (Wildman–Crippen LogP) is 2.86. The number of benzene rings is 1. The van der Waals surface area contributed by atoms with Crippen molar-refractivity contribution in [2.75, 3.05) is 37.6 Å². The highest BCUT2D eigenvalue weighted by molar-refractivity contribution is 6.30. The number of piperazine rings is 1. The van der Waals surface area contributed by atoms with Crippen molar-refractivity contribution in [2.24, 2.45) is 0 Å². The number of aromatic nitrogens is 2. The van der Waals surface area contributed by atoms with Crippen LogP contribution < -0.4 is 4.90 Å². The standard InChI is InChI=1S/C19H25ClN4O/c1-3-16-17(20)21-18(15-7-5-4-6-8-15)22-19(16)24-11-9-23(10-12-24)13-14(2)25/h4-8,14,25H,3,9-13H2,1-2H3/t14-/m1/s1. The summed E-state index contributed by atoms with van der Waals surface area (Å²) in [6, 6.07) is 9.95. The van der Waals surface area contributed by atoms with Crippen LogP contribution >= 0.6 is 11.6 Å². The lowest BCUT2D eigenvalue weighted by atomic mass is 10.1. The molecule has 5 nitrogen and oxygen atoms in total. The highest BCUT2D eigenvalue weighted by Crippen LogP contribution is 2.29. The summed E-state index contributed by atoms with van der Waals surface area (Å²) in [5.74, 6) is 1.61. The van der Waals surface area contributed by atoms with Gasteiger partial charge in [-0.3, -0.25) is 4.90 Å². The van der Waals surface area contributed by atoms with E-state index in [1.54, 1.807) is 0 Å². The number of aliphatic hydroxyl groups is 1. The average molecular weight is 361 g/mol. The molecule has 0 radical (unpaired) electrons. The van der Waals surface area contributed by atoms with E-state index in [-0.39, 0.29) is 6.10 Å². The fourth-order valence-corrected chi connectivity index (χ4v) is 3.54. The van der Waals surface area contributed by atoms with Crippen molar-refractivity contribution in [2.45, 2.75) is 26.4 Å². The zero-order valence-corrected chi connectivity index (χ0v) is 15.6. The second kappa shape index (κ2) is 8.13. The Labute approximate surface area is 154 Å². The highest BCUT2D eigenvalue weighted by Gasteiger charge is 2.23. The van der Waals surface area contributed by atoms with Crippen molar-refractivity contribution < 1.29 is 5.11 Å². The maximum atomic E-state index is 9.58. The molecule has 25 heavy (non-hydrogen) atoms. The number of rotatable bonds is 5. The van der Waals surface area contributed by atoms with E-state index in [1.165, 1.54) is 0 Å². The molecular formula is C19H25ClN4O. The first kappa shape index (κ1) is 18.1. The molecule has 6 heteroatoms. The third-order valence-electron chi connectivity index (χ3n) is 4.51. The number of β-amino-alcohol motifs (C(OH)–C–C–N with tert-alkyl or cyclic N) is 1. The predicted molar refractivity (Wildman–Crippen MR) is 102 cm³/mol. The van der Waals surface area contributed by atoms with Crippen molar-refractivity contribution in [3.05, 3.63) is 41.0 Å². The van der Waals surface area contributed by atoms with Gasteiger partial charge < -0.3 is 10.0 Å². The molecule has 0 saturated carbocycles. The van der Waals surface area contributed by atoms with E-state index in [0.29, 0.717) is 17.5 Å². The maximum absolute atomic E-state index is 9.58. The highest BCUT2D eigenvalue weighted by atomic mass is 35.5. The van der Waals surface area contributed by atoms with Crippen LogP contribution in [0.15, 0.2) is 30.3 Å². The zero-order valence-electron chi connectivity index (χ0n) is 14.8. The Balaban J connectivity index is 1.86. The topological polar surface area (TPSA) is 52.5 Å². The smallest absolute Gasteiger partial charge is 0.163 e. The lowest BCUT2D eigenvalue weighted by Gasteiger charge is -2.36. The molecule has 1 aliphatic rings. The Morgan fingerprint density at radius 3 is 2.40 bits per heavy atom. The van der Waals surface area contributed by atoms with Gasteiger partial charge in [-0.1, -0.05) is 48.9 Å². The summed E-state index contributed by atoms with van der Waals surface area (Å²) in [4.78, 5) is 13.9. The van der Waals surface area contributed by atoms with Gasteiger partial charge in [-0.25, -0.2) is 9.97 Å². The summed E-state index contributed by atoms with van der Waals surface area (Å²) in [6.45, 7) is 8.21. The van der Waals surface area contributed by atoms with Gasteiger partial charge in [-0.15, -0.1) is 0 Å². The first-order valence-electron chi connectivity index (χ1n) is 8.85. The van der Waals surface area contributed by atoms with Crippen LogP contribution in [0.3, 0.4) is 0 Å². The summed E-state index contributed by atoms with van der Waals surface area (Å²) in [5.41, 5.74) is 1.98. The fourth-order valence-electron chi connectivity index (χ4n) is 3.24. The van der Waals surface area contributed by atoms with E-state index < -0.39 is 0 Å². The van der Waals surface area contributed by atoms with Crippen LogP contribution in [0.4, 0.5) is 5.82 Å². The van der Waals surface area contributed by atoms with E-state index in [9.17, 15) is 5.11 Å². The lowest BCUT2D eigenvalue weighted by molar-refractivity contribution is 0.122. The number of halogens is 1. The molecule has 1 N–H and O–H groups in total. The molecule has 1 aromatic heterocycles. The third-order valence-corrected chi connectivity index (χ3v) is 4.83. The number of hydrogen-bond acceptors (Lipinski definition) is 5. The molecule has 2 heterocycles. The van der Waals surface area contributed by atoms with E-state index >= 15 is 0 Å². The first-order chi connectivity index (χ1) is 12.1. The number of aliphatic hydroxyl groups excluding tert-OH is 1. The van der Waals surface area contributed by atoms with E-state index in [1.807, 2.05) is 37.3 Å². The molecule has 0 aliphatic carbocycles. The largest absolute Gasteiger partial charge is 0.392 e. The summed E-state index contributed by atoms with van der Waals surface area (Å²) in [6.07, 6.45) is 0.507. The van der Waals surface area contributed by atoms with Crippen LogP contribution in [-0.4, -0.2) is 58.8 Å². The third kappa shape index (κ3) is 4.29. The molecule has 3 rings (SSSR count). The molecule has 0 bridgehead atoms. The molecule has 0 amide bonds. The van der Waals surface area contributed by atoms with Gasteiger partial charge in [0.05, 0.1) is 6.10 Å². The zero-order chi connectivity index (χ0) is 17.8. The van der Waals surface area contributed by atoms with Gasteiger partial charge in [0, 0.05) is 43.9 Å². The van der Waals surface area contributed by atoms with Crippen LogP contribution in [0, 0.1) is 0 Å². The molecule has 1 saturated heterocycles. The Morgan fingerprint density at radius 2 is 1.80 bits per heavy atom. The van der Waals surface area contributed by atoms with Crippen molar-refractivity contribution in [3.63, 3.8) is 0 Å².